The summed E-state index contributed by atoms with van der Waals surface area (Å²) in [6, 6.07) is 8.49. The molecule has 0 unspecified atom stereocenters. The lowest BCUT2D eigenvalue weighted by Gasteiger charge is -2.32. The van der Waals surface area contributed by atoms with Crippen LogP contribution in [0.25, 0.3) is 0 Å². The summed E-state index contributed by atoms with van der Waals surface area (Å²) in [7, 11) is -5.54. The van der Waals surface area contributed by atoms with Crippen LogP contribution in [0.2, 0.25) is 0 Å². The number of sulfone groups is 1. The first-order chi connectivity index (χ1) is 18.0. The minimum atomic E-state index is -4.46. The SMILES string of the molecule is Cc1ccc(S(=O)(=O)N2[C@H](C(=O)N[C@@H](Cc3ccc(OC(=O)N(C)C)cc3)C(=O)O)CS(=O)(=O)C2(C)C)cc1. The van der Waals surface area contributed by atoms with E-state index in [1.807, 2.05) is 0 Å². The lowest BCUT2D eigenvalue weighted by atomic mass is 10.1. The Bertz CT molecular complexity index is 1470. The van der Waals surface area contributed by atoms with Crippen molar-refractivity contribution in [2.75, 3.05) is 19.8 Å². The first kappa shape index (κ1) is 30.1. The summed E-state index contributed by atoms with van der Waals surface area (Å²) in [5.41, 5.74) is 1.25. The zero-order valence-corrected chi connectivity index (χ0v) is 23.7. The molecule has 1 heterocycles. The highest BCUT2D eigenvalue weighted by Gasteiger charge is 2.59. The molecule has 0 radical (unpaired) electrons. The van der Waals surface area contributed by atoms with Crippen molar-refractivity contribution in [1.82, 2.24) is 14.5 Å². The number of benzene rings is 2. The molecule has 0 spiro atoms. The smallest absolute Gasteiger partial charge is 0.414 e. The Kier molecular flexibility index (Phi) is 8.43. The Hall–Kier alpha value is -3.49. The number of rotatable bonds is 8. The van der Waals surface area contributed by atoms with Gasteiger partial charge in [-0.05, 0) is 50.6 Å². The van der Waals surface area contributed by atoms with Crippen LogP contribution in [0.3, 0.4) is 0 Å². The average molecular weight is 582 g/mol. The average Bonchev–Trinajstić information content (AvgIpc) is 3.04. The summed E-state index contributed by atoms with van der Waals surface area (Å²) in [4.78, 5) is 36.1. The fraction of sp³-hybridized carbons (Fsp3) is 0.400. The van der Waals surface area contributed by atoms with Crippen molar-refractivity contribution in [2.24, 2.45) is 0 Å². The third kappa shape index (κ3) is 6.23. The van der Waals surface area contributed by atoms with E-state index in [0.29, 0.717) is 9.87 Å². The monoisotopic (exact) mass is 581 g/mol. The molecule has 2 aromatic carbocycles. The largest absolute Gasteiger partial charge is 0.480 e. The Morgan fingerprint density at radius 2 is 1.67 bits per heavy atom. The van der Waals surface area contributed by atoms with Gasteiger partial charge in [-0.25, -0.2) is 26.4 Å². The normalized spacial score (nSPS) is 19.2. The van der Waals surface area contributed by atoms with Crippen molar-refractivity contribution in [1.29, 1.82) is 0 Å². The van der Waals surface area contributed by atoms with Gasteiger partial charge < -0.3 is 20.1 Å². The predicted octanol–water partition coefficient (Wildman–Crippen LogP) is 1.39. The number of sulfonamides is 1. The van der Waals surface area contributed by atoms with Crippen LogP contribution >= 0.6 is 0 Å². The summed E-state index contributed by atoms with van der Waals surface area (Å²) in [6.45, 7) is 4.15. The summed E-state index contributed by atoms with van der Waals surface area (Å²) in [5.74, 6) is -3.04. The molecule has 2 N–H and O–H groups in total. The van der Waals surface area contributed by atoms with E-state index in [1.54, 1.807) is 19.1 Å². The number of hydrogen-bond acceptors (Lipinski definition) is 8. The van der Waals surface area contributed by atoms with Gasteiger partial charge in [-0.2, -0.15) is 4.31 Å². The van der Waals surface area contributed by atoms with Gasteiger partial charge in [0, 0.05) is 20.5 Å². The van der Waals surface area contributed by atoms with E-state index in [-0.39, 0.29) is 17.1 Å². The topological polar surface area (TPSA) is 167 Å². The fourth-order valence-electron chi connectivity index (χ4n) is 4.04. The van der Waals surface area contributed by atoms with Crippen LogP contribution in [0.1, 0.15) is 25.0 Å². The molecule has 1 fully saturated rings. The van der Waals surface area contributed by atoms with Crippen LogP contribution in [0.5, 0.6) is 5.75 Å². The molecule has 1 aliphatic heterocycles. The highest BCUT2D eigenvalue weighted by atomic mass is 32.2. The molecular formula is C25H31N3O9S2. The molecule has 2 aromatic rings. The number of hydrogen-bond donors (Lipinski definition) is 2. The van der Waals surface area contributed by atoms with Gasteiger partial charge in [0.2, 0.25) is 15.9 Å². The Morgan fingerprint density at radius 1 is 1.10 bits per heavy atom. The zero-order chi connectivity index (χ0) is 29.3. The highest BCUT2D eigenvalue weighted by molar-refractivity contribution is 7.95. The van der Waals surface area contributed by atoms with Gasteiger partial charge in [-0.15, -0.1) is 0 Å². The molecule has 1 saturated heterocycles. The van der Waals surface area contributed by atoms with E-state index in [2.05, 4.69) is 5.32 Å². The Morgan fingerprint density at radius 3 is 2.18 bits per heavy atom. The molecule has 2 amide bonds. The van der Waals surface area contributed by atoms with Crippen molar-refractivity contribution in [3.05, 3.63) is 59.7 Å². The fourth-order valence-corrected chi connectivity index (χ4v) is 8.09. The third-order valence-corrected chi connectivity index (χ3v) is 11.1. The molecule has 212 valence electrons. The second-order valence-electron chi connectivity index (χ2n) is 9.87. The molecular weight excluding hydrogens is 550 g/mol. The van der Waals surface area contributed by atoms with Crippen LogP contribution in [0.15, 0.2) is 53.4 Å². The van der Waals surface area contributed by atoms with E-state index in [4.69, 9.17) is 4.74 Å². The second kappa shape index (κ2) is 10.9. The highest BCUT2D eigenvalue weighted by Crippen LogP contribution is 2.38. The number of carbonyl (C=O) groups is 3. The Balaban J connectivity index is 1.86. The lowest BCUT2D eigenvalue weighted by molar-refractivity contribution is -0.142. The van der Waals surface area contributed by atoms with Gasteiger partial charge in [0.05, 0.1) is 10.6 Å². The number of carbonyl (C=O) groups excluding carboxylic acids is 2. The summed E-state index contributed by atoms with van der Waals surface area (Å²) >= 11 is 0. The standard InChI is InChI=1S/C25H31N3O9S2/c1-16-6-12-19(13-7-16)39(35,36)28-21(15-38(33,34)25(28,2)3)22(29)26-20(23(30)31)14-17-8-10-18(11-9-17)37-24(32)27(4)5/h6-13,20-21H,14-15H2,1-5H3,(H,26,29)(H,30,31)/t20-,21-/m0/s1. The minimum Gasteiger partial charge on any atom is -0.480 e. The van der Waals surface area contributed by atoms with E-state index in [0.717, 1.165) is 5.56 Å². The minimum absolute atomic E-state index is 0.194. The maximum Gasteiger partial charge on any atom is 0.414 e. The molecule has 12 nitrogen and oxygen atoms in total. The molecule has 0 saturated carbocycles. The van der Waals surface area contributed by atoms with Crippen LogP contribution in [0, 0.1) is 6.92 Å². The maximum atomic E-state index is 13.6. The summed E-state index contributed by atoms with van der Waals surface area (Å²) < 4.78 is 58.8. The van der Waals surface area contributed by atoms with Crippen molar-refractivity contribution >= 4 is 37.8 Å². The molecule has 0 aliphatic carbocycles. The number of aryl methyl sites for hydroxylation is 1. The number of ether oxygens (including phenoxy) is 1. The number of carboxylic acids is 1. The summed E-state index contributed by atoms with van der Waals surface area (Å²) in [5, 5.41) is 12.1. The Labute approximate surface area is 227 Å². The van der Waals surface area contributed by atoms with Gasteiger partial charge in [0.25, 0.3) is 0 Å². The van der Waals surface area contributed by atoms with Crippen molar-refractivity contribution in [3.63, 3.8) is 0 Å². The van der Waals surface area contributed by atoms with Gasteiger partial charge in [0.1, 0.15) is 22.7 Å². The third-order valence-electron chi connectivity index (χ3n) is 6.38. The molecule has 2 atom stereocenters. The number of amides is 2. The molecule has 0 bridgehead atoms. The van der Waals surface area contributed by atoms with E-state index in [1.165, 1.54) is 69.2 Å². The van der Waals surface area contributed by atoms with Gasteiger partial charge in [-0.3, -0.25) is 4.79 Å². The molecule has 1 aliphatic rings. The van der Waals surface area contributed by atoms with Crippen LogP contribution < -0.4 is 10.1 Å². The van der Waals surface area contributed by atoms with Crippen LogP contribution in [-0.4, -0.2) is 85.9 Å². The number of nitrogens with zero attached hydrogens (tertiary/aromatic N) is 2. The van der Waals surface area contributed by atoms with Crippen molar-refractivity contribution in [2.45, 2.75) is 49.0 Å². The van der Waals surface area contributed by atoms with Gasteiger partial charge >= 0.3 is 12.1 Å². The summed E-state index contributed by atoms with van der Waals surface area (Å²) in [6.07, 6.45) is -0.797. The zero-order valence-electron chi connectivity index (χ0n) is 22.1. The number of aliphatic carboxylic acids is 1. The van der Waals surface area contributed by atoms with Crippen molar-refractivity contribution < 1.29 is 41.1 Å². The predicted molar refractivity (Wildman–Crippen MR) is 141 cm³/mol. The van der Waals surface area contributed by atoms with Gasteiger partial charge in [-0.1, -0.05) is 29.8 Å². The molecule has 3 rings (SSSR count). The van der Waals surface area contributed by atoms with E-state index in [9.17, 15) is 36.3 Å². The molecule has 14 heteroatoms. The van der Waals surface area contributed by atoms with E-state index >= 15 is 0 Å². The maximum absolute atomic E-state index is 13.6. The number of nitrogens with one attached hydrogen (secondary N) is 1. The first-order valence-electron chi connectivity index (χ1n) is 11.8. The van der Waals surface area contributed by atoms with Crippen LogP contribution in [-0.2, 0) is 35.9 Å². The van der Waals surface area contributed by atoms with Gasteiger partial charge in [0.15, 0.2) is 9.84 Å². The molecule has 0 aromatic heterocycles. The number of carboxylic acid groups (broad SMARTS) is 1. The molecule has 39 heavy (non-hydrogen) atoms. The first-order valence-corrected chi connectivity index (χ1v) is 14.9. The quantitative estimate of drug-likeness (QED) is 0.468. The second-order valence-corrected chi connectivity index (χ2v) is 14.2. The lowest BCUT2D eigenvalue weighted by Crippen LogP contribution is -2.56. The van der Waals surface area contributed by atoms with Crippen molar-refractivity contribution in [3.8, 4) is 5.75 Å². The van der Waals surface area contributed by atoms with Crippen LogP contribution in [0.4, 0.5) is 4.79 Å². The van der Waals surface area contributed by atoms with E-state index < -0.39 is 60.5 Å².